The number of benzene rings is 2. The Balaban J connectivity index is 0.00000210. The number of para-hydroxylation sites is 1. The number of rotatable bonds is 3. The number of fused-ring (bicyclic) bond motifs is 1. The first-order valence-corrected chi connectivity index (χ1v) is 10.3. The average molecular weight is 431 g/mol. The summed E-state index contributed by atoms with van der Waals surface area (Å²) in [6.07, 6.45) is 0. The first-order chi connectivity index (χ1) is 12.6. The molecule has 2 aliphatic heterocycles. The van der Waals surface area contributed by atoms with Gasteiger partial charge in [-0.25, -0.2) is 8.42 Å². The number of hydrogen-bond acceptors (Lipinski definition) is 5. The summed E-state index contributed by atoms with van der Waals surface area (Å²) in [6.45, 7) is 2.22. The second-order valence-corrected chi connectivity index (χ2v) is 8.47. The minimum atomic E-state index is -3.77. The lowest BCUT2D eigenvalue weighted by Crippen LogP contribution is -2.48. The van der Waals surface area contributed by atoms with Gasteiger partial charge >= 0.3 is 0 Å². The maximum Gasteiger partial charge on any atom is 0.247 e. The van der Waals surface area contributed by atoms with Crippen LogP contribution in [0, 0.1) is 0 Å². The zero-order chi connectivity index (χ0) is 18.1. The third kappa shape index (κ3) is 3.88. The minimum Gasteiger partial charge on any atom is -0.486 e. The molecule has 2 aromatic carbocycles. The molecule has 1 fully saturated rings. The lowest BCUT2D eigenvalue weighted by molar-refractivity contribution is 0.166. The van der Waals surface area contributed by atoms with E-state index in [1.54, 1.807) is 24.3 Å². The van der Waals surface area contributed by atoms with Gasteiger partial charge in [0.2, 0.25) is 10.0 Å². The van der Waals surface area contributed by atoms with Crippen LogP contribution in [0.2, 0.25) is 5.02 Å². The van der Waals surface area contributed by atoms with Crippen molar-refractivity contribution < 1.29 is 17.9 Å². The predicted molar refractivity (Wildman–Crippen MR) is 106 cm³/mol. The van der Waals surface area contributed by atoms with E-state index in [0.29, 0.717) is 49.4 Å². The van der Waals surface area contributed by atoms with Crippen molar-refractivity contribution in [1.82, 2.24) is 9.62 Å². The van der Waals surface area contributed by atoms with Gasteiger partial charge in [-0.05, 0) is 29.8 Å². The molecule has 1 atom stereocenters. The van der Waals surface area contributed by atoms with E-state index >= 15 is 0 Å². The van der Waals surface area contributed by atoms with E-state index in [-0.39, 0.29) is 23.3 Å². The van der Waals surface area contributed by atoms with Crippen molar-refractivity contribution in [2.75, 3.05) is 32.8 Å². The van der Waals surface area contributed by atoms with Gasteiger partial charge in [-0.2, -0.15) is 4.31 Å². The Kier molecular flexibility index (Phi) is 6.18. The van der Waals surface area contributed by atoms with Crippen molar-refractivity contribution >= 4 is 34.0 Å². The lowest BCUT2D eigenvalue weighted by Gasteiger charge is -2.36. The second-order valence-electron chi connectivity index (χ2n) is 6.17. The van der Waals surface area contributed by atoms with E-state index in [1.807, 2.05) is 18.2 Å². The van der Waals surface area contributed by atoms with Crippen LogP contribution in [0.1, 0.15) is 11.6 Å². The van der Waals surface area contributed by atoms with E-state index in [2.05, 4.69) is 5.32 Å². The van der Waals surface area contributed by atoms with Gasteiger partial charge in [-0.3, -0.25) is 0 Å². The molecule has 1 saturated heterocycles. The molecule has 2 aromatic rings. The Morgan fingerprint density at radius 3 is 2.70 bits per heavy atom. The summed E-state index contributed by atoms with van der Waals surface area (Å²) in [4.78, 5) is 0.142. The van der Waals surface area contributed by atoms with Crippen molar-refractivity contribution in [2.45, 2.75) is 10.9 Å². The smallest absolute Gasteiger partial charge is 0.247 e. The number of piperazine rings is 1. The highest BCUT2D eigenvalue weighted by Gasteiger charge is 2.37. The fraction of sp³-hybridized carbons (Fsp3) is 0.333. The molecule has 2 heterocycles. The molecule has 6 nitrogen and oxygen atoms in total. The second kappa shape index (κ2) is 8.24. The summed E-state index contributed by atoms with van der Waals surface area (Å²) < 4.78 is 39.6. The molecule has 1 unspecified atom stereocenters. The van der Waals surface area contributed by atoms with Crippen LogP contribution in [0.15, 0.2) is 47.4 Å². The number of nitrogens with one attached hydrogen (secondary N) is 1. The van der Waals surface area contributed by atoms with Gasteiger partial charge in [0.05, 0.1) is 6.04 Å². The molecule has 0 bridgehead atoms. The molecule has 4 rings (SSSR count). The van der Waals surface area contributed by atoms with Crippen molar-refractivity contribution in [3.05, 3.63) is 53.1 Å². The highest BCUT2D eigenvalue weighted by molar-refractivity contribution is 7.89. The van der Waals surface area contributed by atoms with Crippen LogP contribution in [0.3, 0.4) is 0 Å². The first kappa shape index (κ1) is 20.2. The molecule has 9 heteroatoms. The van der Waals surface area contributed by atoms with Crippen molar-refractivity contribution in [2.24, 2.45) is 0 Å². The third-order valence-electron chi connectivity index (χ3n) is 4.54. The molecule has 146 valence electrons. The first-order valence-electron chi connectivity index (χ1n) is 8.44. The monoisotopic (exact) mass is 430 g/mol. The standard InChI is InChI=1S/C18H19ClN2O4S.ClH/c19-14-4-1-3-13(11-14)15-12-20-7-8-21(15)26(22,23)17-6-2-5-16-18(17)25-10-9-24-16;/h1-6,11,15,20H,7-10,12H2;1H. The van der Waals surface area contributed by atoms with Crippen molar-refractivity contribution in [3.8, 4) is 11.5 Å². The van der Waals surface area contributed by atoms with Gasteiger partial charge in [0, 0.05) is 24.7 Å². The van der Waals surface area contributed by atoms with Gasteiger partial charge in [0.15, 0.2) is 11.5 Å². The van der Waals surface area contributed by atoms with Crippen LogP contribution >= 0.6 is 24.0 Å². The summed E-state index contributed by atoms with van der Waals surface area (Å²) in [5, 5.41) is 3.85. The van der Waals surface area contributed by atoms with Crippen molar-refractivity contribution in [1.29, 1.82) is 0 Å². The normalized spacial score (nSPS) is 20.0. The maximum absolute atomic E-state index is 13.5. The zero-order valence-electron chi connectivity index (χ0n) is 14.4. The summed E-state index contributed by atoms with van der Waals surface area (Å²) in [5.41, 5.74) is 0.857. The summed E-state index contributed by atoms with van der Waals surface area (Å²) in [6, 6.07) is 11.9. The fourth-order valence-electron chi connectivity index (χ4n) is 3.35. The average Bonchev–Trinajstić information content (AvgIpc) is 2.67. The third-order valence-corrected chi connectivity index (χ3v) is 6.71. The lowest BCUT2D eigenvalue weighted by atomic mass is 10.1. The van der Waals surface area contributed by atoms with Gasteiger partial charge in [0.25, 0.3) is 0 Å². The molecule has 0 aromatic heterocycles. The molecule has 0 radical (unpaired) electrons. The highest BCUT2D eigenvalue weighted by Crippen LogP contribution is 2.40. The Hall–Kier alpha value is -1.51. The predicted octanol–water partition coefficient (Wildman–Crippen LogP) is 2.87. The van der Waals surface area contributed by atoms with Crippen LogP contribution in [0.25, 0.3) is 0 Å². The molecule has 27 heavy (non-hydrogen) atoms. The summed E-state index contributed by atoms with van der Waals surface area (Å²) in [5.74, 6) is 0.758. The molecule has 0 saturated carbocycles. The molecule has 0 aliphatic carbocycles. The molecule has 1 N–H and O–H groups in total. The Morgan fingerprint density at radius 1 is 1.11 bits per heavy atom. The molecule has 0 spiro atoms. The Morgan fingerprint density at radius 2 is 1.89 bits per heavy atom. The van der Waals surface area contributed by atoms with E-state index < -0.39 is 10.0 Å². The number of ether oxygens (including phenoxy) is 2. The van der Waals surface area contributed by atoms with Gasteiger partial charge < -0.3 is 14.8 Å². The van der Waals surface area contributed by atoms with Gasteiger partial charge in [-0.15, -0.1) is 12.4 Å². The van der Waals surface area contributed by atoms with E-state index in [4.69, 9.17) is 21.1 Å². The van der Waals surface area contributed by atoms with Crippen LogP contribution in [-0.2, 0) is 10.0 Å². The largest absolute Gasteiger partial charge is 0.486 e. The quantitative estimate of drug-likeness (QED) is 0.810. The Bertz CT molecular complexity index is 923. The summed E-state index contributed by atoms with van der Waals surface area (Å²) >= 11 is 6.11. The molecule has 0 amide bonds. The van der Waals surface area contributed by atoms with E-state index in [0.717, 1.165) is 5.56 Å². The number of sulfonamides is 1. The van der Waals surface area contributed by atoms with Crippen LogP contribution in [0.5, 0.6) is 11.5 Å². The van der Waals surface area contributed by atoms with E-state index in [9.17, 15) is 8.42 Å². The van der Waals surface area contributed by atoms with Crippen molar-refractivity contribution in [3.63, 3.8) is 0 Å². The van der Waals surface area contributed by atoms with Gasteiger partial charge in [0.1, 0.15) is 18.1 Å². The molecular formula is C18H20Cl2N2O4S. The SMILES string of the molecule is Cl.O=S(=O)(c1cccc2c1OCCO2)N1CCNCC1c1cccc(Cl)c1. The minimum absolute atomic E-state index is 0. The number of hydrogen-bond donors (Lipinski definition) is 1. The van der Waals surface area contributed by atoms with Crippen LogP contribution in [-0.4, -0.2) is 45.6 Å². The highest BCUT2D eigenvalue weighted by atomic mass is 35.5. The molecule has 2 aliphatic rings. The Labute approximate surface area is 169 Å². The molecular weight excluding hydrogens is 411 g/mol. The summed E-state index contributed by atoms with van der Waals surface area (Å²) in [7, 11) is -3.77. The zero-order valence-corrected chi connectivity index (χ0v) is 16.8. The number of nitrogens with zero attached hydrogens (tertiary/aromatic N) is 1. The van der Waals surface area contributed by atoms with Crippen LogP contribution < -0.4 is 14.8 Å². The van der Waals surface area contributed by atoms with Gasteiger partial charge in [-0.1, -0.05) is 29.8 Å². The number of halogens is 2. The van der Waals surface area contributed by atoms with Crippen LogP contribution in [0.4, 0.5) is 0 Å². The van der Waals surface area contributed by atoms with E-state index in [1.165, 1.54) is 4.31 Å². The topological polar surface area (TPSA) is 67.9 Å². The fourth-order valence-corrected chi connectivity index (χ4v) is 5.31. The maximum atomic E-state index is 13.5.